The number of carboxylic acids is 1. The lowest BCUT2D eigenvalue weighted by Crippen LogP contribution is -2.42. The number of benzene rings is 4. The predicted octanol–water partition coefficient (Wildman–Crippen LogP) is 8.02. The number of nitrogens with one attached hydrogen (secondary N) is 2. The van der Waals surface area contributed by atoms with Crippen molar-refractivity contribution in [2.24, 2.45) is 10.2 Å². The van der Waals surface area contributed by atoms with Crippen LogP contribution in [0.25, 0.3) is 22.4 Å². The van der Waals surface area contributed by atoms with Crippen molar-refractivity contribution in [2.75, 3.05) is 26.6 Å². The summed E-state index contributed by atoms with van der Waals surface area (Å²) in [7, 11) is -4.40. The van der Waals surface area contributed by atoms with Gasteiger partial charge in [0, 0.05) is 37.2 Å². The Hall–Kier alpha value is -7.70. The molecule has 4 aromatic carbocycles. The fraction of sp³-hybridized carbons (Fsp3) is 0.245. The second-order valence-electron chi connectivity index (χ2n) is 15.3. The Morgan fingerprint density at radius 2 is 1.55 bits per heavy atom. The van der Waals surface area contributed by atoms with Gasteiger partial charge in [-0.3, -0.25) is 14.1 Å². The molecule has 0 fully saturated rings. The van der Waals surface area contributed by atoms with Gasteiger partial charge in [0.2, 0.25) is 18.6 Å². The molecule has 7 rings (SSSR count). The van der Waals surface area contributed by atoms with Crippen LogP contribution in [0.15, 0.2) is 143 Å². The van der Waals surface area contributed by atoms with E-state index in [0.29, 0.717) is 79.7 Å². The van der Waals surface area contributed by atoms with Gasteiger partial charge in [-0.15, -0.1) is 5.11 Å². The molecule has 17 nitrogen and oxygen atoms in total. The second-order valence-corrected chi connectivity index (χ2v) is 16.7. The first-order chi connectivity index (χ1) is 32.5. The minimum absolute atomic E-state index is 0.0921. The summed E-state index contributed by atoms with van der Waals surface area (Å²) in [6.07, 6.45) is 4.03. The molecule has 0 saturated heterocycles. The Kier molecular flexibility index (Phi) is 16.2. The first-order valence-corrected chi connectivity index (χ1v) is 22.9. The van der Waals surface area contributed by atoms with Gasteiger partial charge >= 0.3 is 5.97 Å². The molecule has 1 aliphatic heterocycles. The SMILES string of the molecule is O=C(CCCCCOc1cc(-c2ccc3c(c2)OCO3)cc(-c2ccccc2)n1)NC(Cc1ccc(OCCCNC(=O)c2ccc(N=NCc3ccccc3S(=O)(=O)O)nc2)cc1)C(=O)O. The summed E-state index contributed by atoms with van der Waals surface area (Å²) in [5.74, 6) is 0.809. The van der Waals surface area contributed by atoms with Crippen LogP contribution in [0.1, 0.15) is 53.6 Å². The number of aromatic nitrogens is 2. The van der Waals surface area contributed by atoms with Crippen molar-refractivity contribution >= 4 is 33.7 Å². The first kappa shape index (κ1) is 47.3. The summed E-state index contributed by atoms with van der Waals surface area (Å²) < 4.78 is 55.5. The van der Waals surface area contributed by atoms with E-state index in [9.17, 15) is 32.5 Å². The third kappa shape index (κ3) is 13.9. The van der Waals surface area contributed by atoms with Gasteiger partial charge in [-0.1, -0.05) is 66.7 Å². The summed E-state index contributed by atoms with van der Waals surface area (Å²) in [4.78, 5) is 46.1. The number of rotatable bonds is 23. The molecule has 1 unspecified atom stereocenters. The Bertz CT molecular complexity index is 2790. The smallest absolute Gasteiger partial charge is 0.326 e. The molecular weight excluding hydrogens is 881 g/mol. The molecule has 3 heterocycles. The van der Waals surface area contributed by atoms with E-state index in [1.54, 1.807) is 30.3 Å². The van der Waals surface area contributed by atoms with Crippen molar-refractivity contribution in [1.29, 1.82) is 0 Å². The standard InChI is InChI=1S/C49H48N6O11S/c56-46(14-5-2-8-24-64-47-29-38(27-40(54-47)34-10-3-1-4-11-34)35-17-21-42-43(28-35)66-32-65-42)53-41(49(58)59)26-33-15-19-39(20-16-33)63-25-9-23-50-48(57)37-18-22-45(51-30-37)55-52-31-36-12-6-7-13-44(36)67(60,61)62/h1,3-4,6-7,10-13,15-22,27-30,41H,2,5,8-9,14,23-26,31-32H2,(H,50,57)(H,53,56)(H,58,59)(H,60,61,62). The number of fused-ring (bicyclic) bond motifs is 1. The van der Waals surface area contributed by atoms with Crippen LogP contribution in [-0.4, -0.2) is 78.4 Å². The van der Waals surface area contributed by atoms with Gasteiger partial charge in [-0.25, -0.2) is 14.8 Å². The van der Waals surface area contributed by atoms with Crippen molar-refractivity contribution < 1.29 is 51.4 Å². The van der Waals surface area contributed by atoms with Gasteiger partial charge in [-0.05, 0) is 96.5 Å². The molecule has 1 atom stereocenters. The average Bonchev–Trinajstić information content (AvgIpc) is 3.81. The third-order valence-electron chi connectivity index (χ3n) is 10.4. The van der Waals surface area contributed by atoms with Gasteiger partial charge in [0.1, 0.15) is 11.8 Å². The number of azo groups is 1. The normalized spacial score (nSPS) is 12.4. The highest BCUT2D eigenvalue weighted by Gasteiger charge is 2.21. The van der Waals surface area contributed by atoms with Crippen LogP contribution in [0.5, 0.6) is 23.1 Å². The van der Waals surface area contributed by atoms with Crippen LogP contribution < -0.4 is 29.6 Å². The van der Waals surface area contributed by atoms with Crippen LogP contribution >= 0.6 is 0 Å². The minimum atomic E-state index is -4.40. The zero-order valence-electron chi connectivity index (χ0n) is 36.2. The minimum Gasteiger partial charge on any atom is -0.494 e. The number of ether oxygens (including phenoxy) is 4. The van der Waals surface area contributed by atoms with Crippen molar-refractivity contribution in [3.8, 4) is 45.5 Å². The number of carbonyl (C=O) groups excluding carboxylic acids is 2. The van der Waals surface area contributed by atoms with Crippen molar-refractivity contribution in [3.63, 3.8) is 0 Å². The highest BCUT2D eigenvalue weighted by atomic mass is 32.2. The van der Waals surface area contributed by atoms with Crippen LogP contribution in [0.4, 0.5) is 5.82 Å². The van der Waals surface area contributed by atoms with E-state index < -0.39 is 22.1 Å². The van der Waals surface area contributed by atoms with E-state index in [4.69, 9.17) is 23.9 Å². The van der Waals surface area contributed by atoms with E-state index in [2.05, 4.69) is 25.8 Å². The molecule has 2 amide bonds. The highest BCUT2D eigenvalue weighted by Crippen LogP contribution is 2.37. The molecule has 18 heteroatoms. The number of hydrogen-bond acceptors (Lipinski definition) is 13. The van der Waals surface area contributed by atoms with Gasteiger partial charge < -0.3 is 34.7 Å². The topological polar surface area (TPSA) is 237 Å². The quantitative estimate of drug-likeness (QED) is 0.0271. The van der Waals surface area contributed by atoms with Crippen molar-refractivity contribution in [1.82, 2.24) is 20.6 Å². The summed E-state index contributed by atoms with van der Waals surface area (Å²) in [5, 5.41) is 23.2. The lowest BCUT2D eigenvalue weighted by Gasteiger charge is -2.15. The van der Waals surface area contributed by atoms with Crippen LogP contribution in [0.3, 0.4) is 0 Å². The number of carboxylic acid groups (broad SMARTS) is 1. The van der Waals surface area contributed by atoms with E-state index in [-0.39, 0.29) is 54.3 Å². The maximum atomic E-state index is 12.8. The predicted molar refractivity (Wildman–Crippen MR) is 246 cm³/mol. The number of unbranched alkanes of at least 4 members (excludes halogenated alkanes) is 2. The Balaban J connectivity index is 0.782. The summed E-state index contributed by atoms with van der Waals surface area (Å²) in [5.41, 5.74) is 4.86. The molecule has 0 spiro atoms. The molecule has 67 heavy (non-hydrogen) atoms. The monoisotopic (exact) mass is 928 g/mol. The first-order valence-electron chi connectivity index (χ1n) is 21.5. The molecule has 346 valence electrons. The Morgan fingerprint density at radius 3 is 2.33 bits per heavy atom. The number of amides is 2. The Labute approximate surface area is 387 Å². The lowest BCUT2D eigenvalue weighted by molar-refractivity contribution is -0.141. The third-order valence-corrected chi connectivity index (χ3v) is 11.4. The largest absolute Gasteiger partial charge is 0.494 e. The average molecular weight is 929 g/mol. The van der Waals surface area contributed by atoms with E-state index in [1.807, 2.05) is 60.7 Å². The highest BCUT2D eigenvalue weighted by molar-refractivity contribution is 7.85. The summed E-state index contributed by atoms with van der Waals surface area (Å²) in [6.45, 7) is 1.10. The van der Waals surface area contributed by atoms with E-state index in [0.717, 1.165) is 22.4 Å². The fourth-order valence-electron chi connectivity index (χ4n) is 6.96. The van der Waals surface area contributed by atoms with Crippen LogP contribution in [-0.2, 0) is 32.7 Å². The van der Waals surface area contributed by atoms with Gasteiger partial charge in [-0.2, -0.15) is 13.5 Å². The molecule has 2 aromatic heterocycles. The fourth-order valence-corrected chi connectivity index (χ4v) is 7.67. The van der Waals surface area contributed by atoms with E-state index >= 15 is 0 Å². The Morgan fingerprint density at radius 1 is 0.776 bits per heavy atom. The van der Waals surface area contributed by atoms with E-state index in [1.165, 1.54) is 36.5 Å². The van der Waals surface area contributed by atoms with Gasteiger partial charge in [0.05, 0.1) is 35.9 Å². The zero-order chi connectivity index (χ0) is 47.0. The molecule has 0 radical (unpaired) electrons. The number of carbonyl (C=O) groups is 3. The number of nitrogens with zero attached hydrogens (tertiary/aromatic N) is 4. The van der Waals surface area contributed by atoms with Gasteiger partial charge in [0.25, 0.3) is 16.0 Å². The second kappa shape index (κ2) is 23.0. The van der Waals surface area contributed by atoms with Crippen molar-refractivity contribution in [3.05, 3.63) is 144 Å². The molecule has 1 aliphatic rings. The number of pyridine rings is 2. The molecule has 0 aliphatic carbocycles. The molecule has 0 bridgehead atoms. The lowest BCUT2D eigenvalue weighted by atomic mass is 10.0. The molecule has 4 N–H and O–H groups in total. The number of aliphatic carboxylic acids is 1. The summed E-state index contributed by atoms with van der Waals surface area (Å²) >= 11 is 0. The maximum Gasteiger partial charge on any atom is 0.326 e. The molecule has 0 saturated carbocycles. The van der Waals surface area contributed by atoms with Crippen LogP contribution in [0, 0.1) is 0 Å². The number of hydrogen-bond donors (Lipinski definition) is 4. The van der Waals surface area contributed by atoms with Crippen LogP contribution in [0.2, 0.25) is 0 Å². The maximum absolute atomic E-state index is 12.8. The molecule has 6 aromatic rings. The molecular formula is C49H48N6O11S. The van der Waals surface area contributed by atoms with Crippen molar-refractivity contribution in [2.45, 2.75) is 56.0 Å². The van der Waals surface area contributed by atoms with Gasteiger partial charge in [0.15, 0.2) is 17.3 Å². The zero-order valence-corrected chi connectivity index (χ0v) is 37.1. The summed E-state index contributed by atoms with van der Waals surface area (Å²) in [6, 6.07) is 34.3.